The van der Waals surface area contributed by atoms with Gasteiger partial charge in [0.2, 0.25) is 0 Å². The van der Waals surface area contributed by atoms with Crippen LogP contribution >= 0.6 is 22.9 Å². The minimum absolute atomic E-state index is 0.311. The second kappa shape index (κ2) is 6.50. The number of rotatable bonds is 4. The Kier molecular flexibility index (Phi) is 4.71. The highest BCUT2D eigenvalue weighted by atomic mass is 35.5. The third kappa shape index (κ3) is 3.66. The molecule has 0 saturated carbocycles. The van der Waals surface area contributed by atoms with Gasteiger partial charge < -0.3 is 0 Å². The molecule has 2 aromatic rings. The monoisotopic (exact) mass is 292 g/mol. The maximum atomic E-state index is 11.8. The van der Waals surface area contributed by atoms with Crippen LogP contribution in [0.5, 0.6) is 0 Å². The number of nitrogens with one attached hydrogen (secondary N) is 1. The van der Waals surface area contributed by atoms with Gasteiger partial charge in [0.05, 0.1) is 16.8 Å². The van der Waals surface area contributed by atoms with E-state index in [0.717, 1.165) is 11.3 Å². The summed E-state index contributed by atoms with van der Waals surface area (Å²) in [5, 5.41) is 4.35. The molecule has 0 bridgehead atoms. The molecule has 0 aliphatic rings. The Morgan fingerprint density at radius 2 is 2.16 bits per heavy atom. The van der Waals surface area contributed by atoms with E-state index in [1.165, 1.54) is 4.88 Å². The van der Waals surface area contributed by atoms with E-state index in [9.17, 15) is 4.79 Å². The largest absolute Gasteiger partial charge is 0.272 e. The molecule has 0 atom stereocenters. The summed E-state index contributed by atoms with van der Waals surface area (Å²) in [5.41, 5.74) is 2.89. The van der Waals surface area contributed by atoms with E-state index < -0.39 is 0 Å². The predicted molar refractivity (Wildman–Crippen MR) is 80.2 cm³/mol. The van der Waals surface area contributed by atoms with Crippen LogP contribution in [-0.4, -0.2) is 12.1 Å². The van der Waals surface area contributed by atoms with E-state index in [4.69, 9.17) is 11.6 Å². The quantitative estimate of drug-likeness (QED) is 0.677. The minimum atomic E-state index is -0.311. The summed E-state index contributed by atoms with van der Waals surface area (Å²) >= 11 is 7.58. The lowest BCUT2D eigenvalue weighted by molar-refractivity contribution is 0.0955. The van der Waals surface area contributed by atoms with E-state index in [1.807, 2.05) is 6.07 Å². The molecule has 1 aromatic heterocycles. The standard InChI is InChI=1S/C14H13ClN2OS/c1-2-10-7-8-11(19-10)9-16-17-14(18)12-5-3-4-6-13(12)15/h3-9H,2H2,1H3,(H,17,18)/b16-9+. The highest BCUT2D eigenvalue weighted by Crippen LogP contribution is 2.15. The third-order valence-electron chi connectivity index (χ3n) is 2.51. The van der Waals surface area contributed by atoms with Crippen molar-refractivity contribution < 1.29 is 4.79 Å². The fourth-order valence-corrected chi connectivity index (χ4v) is 2.56. The van der Waals surface area contributed by atoms with Crippen molar-refractivity contribution in [2.75, 3.05) is 0 Å². The van der Waals surface area contributed by atoms with Gasteiger partial charge in [-0.25, -0.2) is 5.43 Å². The van der Waals surface area contributed by atoms with Crippen LogP contribution in [-0.2, 0) is 6.42 Å². The Balaban J connectivity index is 1.99. The van der Waals surface area contributed by atoms with Gasteiger partial charge in [-0.1, -0.05) is 30.7 Å². The Morgan fingerprint density at radius 3 is 2.84 bits per heavy atom. The number of nitrogens with zero attached hydrogens (tertiary/aromatic N) is 1. The molecule has 1 aromatic carbocycles. The van der Waals surface area contributed by atoms with Crippen LogP contribution in [0, 0.1) is 0 Å². The first-order chi connectivity index (χ1) is 9.20. The van der Waals surface area contributed by atoms with Gasteiger partial charge in [0.1, 0.15) is 0 Å². The average molecular weight is 293 g/mol. The zero-order valence-electron chi connectivity index (χ0n) is 10.4. The number of aryl methyl sites for hydroxylation is 1. The van der Waals surface area contributed by atoms with Crippen molar-refractivity contribution in [2.24, 2.45) is 5.10 Å². The van der Waals surface area contributed by atoms with Gasteiger partial charge in [0, 0.05) is 9.75 Å². The SMILES string of the molecule is CCc1ccc(/C=N/NC(=O)c2ccccc2Cl)s1. The van der Waals surface area contributed by atoms with Gasteiger partial charge in [0.25, 0.3) is 5.91 Å². The van der Waals surface area contributed by atoms with Crippen molar-refractivity contribution in [3.05, 3.63) is 56.7 Å². The first kappa shape index (κ1) is 13.8. The molecule has 3 nitrogen and oxygen atoms in total. The number of hydrazone groups is 1. The van der Waals surface area contributed by atoms with Gasteiger partial charge in [-0.2, -0.15) is 5.10 Å². The third-order valence-corrected chi connectivity index (χ3v) is 4.00. The van der Waals surface area contributed by atoms with Crippen LogP contribution in [0.2, 0.25) is 5.02 Å². The van der Waals surface area contributed by atoms with Crippen molar-refractivity contribution in [1.82, 2.24) is 5.43 Å². The second-order valence-electron chi connectivity index (χ2n) is 3.84. The van der Waals surface area contributed by atoms with Crippen molar-refractivity contribution in [1.29, 1.82) is 0 Å². The molecule has 2 rings (SSSR count). The molecule has 98 valence electrons. The Bertz CT molecular complexity index is 607. The zero-order chi connectivity index (χ0) is 13.7. The Morgan fingerprint density at radius 1 is 1.37 bits per heavy atom. The van der Waals surface area contributed by atoms with E-state index in [2.05, 4.69) is 23.5 Å². The minimum Gasteiger partial charge on any atom is -0.267 e. The molecule has 1 amide bonds. The van der Waals surface area contributed by atoms with Crippen LogP contribution in [0.4, 0.5) is 0 Å². The first-order valence-electron chi connectivity index (χ1n) is 5.87. The Labute approximate surface area is 120 Å². The number of amides is 1. The maximum absolute atomic E-state index is 11.8. The van der Waals surface area contributed by atoms with Crippen molar-refractivity contribution in [3.8, 4) is 0 Å². The van der Waals surface area contributed by atoms with Gasteiger partial charge >= 0.3 is 0 Å². The number of carbonyl (C=O) groups excluding carboxylic acids is 1. The van der Waals surface area contributed by atoms with Crippen molar-refractivity contribution in [2.45, 2.75) is 13.3 Å². The van der Waals surface area contributed by atoms with Gasteiger partial charge in [-0.15, -0.1) is 11.3 Å². The van der Waals surface area contributed by atoms with Crippen LogP contribution in [0.1, 0.15) is 27.0 Å². The van der Waals surface area contributed by atoms with Crippen molar-refractivity contribution in [3.63, 3.8) is 0 Å². The molecule has 0 unspecified atom stereocenters. The molecule has 1 N–H and O–H groups in total. The highest BCUT2D eigenvalue weighted by molar-refractivity contribution is 7.13. The Hall–Kier alpha value is -1.65. The fourth-order valence-electron chi connectivity index (χ4n) is 1.51. The smallest absolute Gasteiger partial charge is 0.267 e. The molecule has 0 radical (unpaired) electrons. The summed E-state index contributed by atoms with van der Waals surface area (Å²) in [5.74, 6) is -0.311. The topological polar surface area (TPSA) is 41.5 Å². The molecular weight excluding hydrogens is 280 g/mol. The van der Waals surface area contributed by atoms with Crippen LogP contribution in [0.3, 0.4) is 0 Å². The summed E-state index contributed by atoms with van der Waals surface area (Å²) in [6, 6.07) is 10.9. The number of benzene rings is 1. The van der Waals surface area contributed by atoms with Crippen LogP contribution < -0.4 is 5.43 Å². The molecule has 0 aliphatic heterocycles. The lowest BCUT2D eigenvalue weighted by Gasteiger charge is -2.01. The van der Waals surface area contributed by atoms with Gasteiger partial charge in [-0.3, -0.25) is 4.79 Å². The highest BCUT2D eigenvalue weighted by Gasteiger charge is 2.07. The lowest BCUT2D eigenvalue weighted by Crippen LogP contribution is -2.17. The molecular formula is C14H13ClN2OS. The van der Waals surface area contributed by atoms with E-state index >= 15 is 0 Å². The summed E-state index contributed by atoms with van der Waals surface area (Å²) in [6.07, 6.45) is 2.64. The van der Waals surface area contributed by atoms with Crippen LogP contribution in [0.15, 0.2) is 41.5 Å². The lowest BCUT2D eigenvalue weighted by atomic mass is 10.2. The number of hydrogen-bond acceptors (Lipinski definition) is 3. The molecule has 1 heterocycles. The molecule has 0 fully saturated rings. The summed E-state index contributed by atoms with van der Waals surface area (Å²) in [4.78, 5) is 14.1. The summed E-state index contributed by atoms with van der Waals surface area (Å²) < 4.78 is 0. The van der Waals surface area contributed by atoms with Gasteiger partial charge in [-0.05, 0) is 30.7 Å². The van der Waals surface area contributed by atoms with Gasteiger partial charge in [0.15, 0.2) is 0 Å². The summed E-state index contributed by atoms with van der Waals surface area (Å²) in [7, 11) is 0. The van der Waals surface area contributed by atoms with Crippen molar-refractivity contribution >= 4 is 35.1 Å². The van der Waals surface area contributed by atoms with E-state index in [-0.39, 0.29) is 5.91 Å². The molecule has 5 heteroatoms. The number of carbonyl (C=O) groups is 1. The average Bonchev–Trinajstić information content (AvgIpc) is 2.87. The fraction of sp³-hybridized carbons (Fsp3) is 0.143. The molecule has 0 aliphatic carbocycles. The van der Waals surface area contributed by atoms with E-state index in [0.29, 0.717) is 10.6 Å². The van der Waals surface area contributed by atoms with Crippen LogP contribution in [0.25, 0.3) is 0 Å². The maximum Gasteiger partial charge on any atom is 0.272 e. The second-order valence-corrected chi connectivity index (χ2v) is 5.44. The number of halogens is 1. The summed E-state index contributed by atoms with van der Waals surface area (Å²) in [6.45, 7) is 2.10. The molecule has 0 saturated heterocycles. The first-order valence-corrected chi connectivity index (χ1v) is 7.06. The predicted octanol–water partition coefficient (Wildman–Crippen LogP) is 3.73. The van der Waals surface area contributed by atoms with E-state index in [1.54, 1.807) is 41.8 Å². The zero-order valence-corrected chi connectivity index (χ0v) is 12.0. The number of hydrogen-bond donors (Lipinski definition) is 1. The normalized spacial score (nSPS) is 10.8. The molecule has 0 spiro atoms. The number of thiophene rings is 1. The molecule has 19 heavy (non-hydrogen) atoms.